The van der Waals surface area contributed by atoms with Crippen molar-refractivity contribution in [2.75, 3.05) is 5.75 Å². The minimum atomic E-state index is -0.965. The van der Waals surface area contributed by atoms with Gasteiger partial charge in [0.15, 0.2) is 0 Å². The first kappa shape index (κ1) is 15.9. The molecule has 1 aromatic carbocycles. The van der Waals surface area contributed by atoms with Crippen LogP contribution in [0.1, 0.15) is 42.1 Å². The summed E-state index contributed by atoms with van der Waals surface area (Å²) in [7, 11) is 0. The van der Waals surface area contributed by atoms with E-state index in [4.69, 9.17) is 5.11 Å². The Labute approximate surface area is 129 Å². The Morgan fingerprint density at radius 1 is 1.38 bits per heavy atom. The van der Waals surface area contributed by atoms with Crippen LogP contribution in [0.4, 0.5) is 0 Å². The van der Waals surface area contributed by atoms with E-state index in [0.29, 0.717) is 5.25 Å². The molecule has 114 valence electrons. The standard InChI is InChI=1S/C16H21NO3S/c1-2-21-14-8-4-7-13(14)17-15(18)10-11-5-3-6-12(9-11)16(19)20/h3,5-6,9,13-14H,2,4,7-8,10H2,1H3,(H,17,18)(H,19,20). The summed E-state index contributed by atoms with van der Waals surface area (Å²) in [6.07, 6.45) is 3.61. The van der Waals surface area contributed by atoms with Gasteiger partial charge in [-0.15, -0.1) is 0 Å². The Morgan fingerprint density at radius 2 is 2.19 bits per heavy atom. The van der Waals surface area contributed by atoms with Crippen molar-refractivity contribution in [2.24, 2.45) is 0 Å². The van der Waals surface area contributed by atoms with Gasteiger partial charge in [0, 0.05) is 11.3 Å². The van der Waals surface area contributed by atoms with E-state index in [-0.39, 0.29) is 23.9 Å². The van der Waals surface area contributed by atoms with Gasteiger partial charge in [-0.3, -0.25) is 4.79 Å². The summed E-state index contributed by atoms with van der Waals surface area (Å²) in [5.41, 5.74) is 0.964. The first-order valence-corrected chi connectivity index (χ1v) is 8.38. The van der Waals surface area contributed by atoms with Crippen molar-refractivity contribution in [3.63, 3.8) is 0 Å². The number of aromatic carboxylic acids is 1. The van der Waals surface area contributed by atoms with Crippen molar-refractivity contribution in [3.05, 3.63) is 35.4 Å². The highest BCUT2D eigenvalue weighted by Crippen LogP contribution is 2.29. The van der Waals surface area contributed by atoms with E-state index in [9.17, 15) is 9.59 Å². The van der Waals surface area contributed by atoms with Crippen LogP contribution < -0.4 is 5.32 Å². The third-order valence-electron chi connectivity index (χ3n) is 3.72. The first-order valence-electron chi connectivity index (χ1n) is 7.33. The monoisotopic (exact) mass is 307 g/mol. The molecule has 1 aliphatic carbocycles. The molecule has 0 bridgehead atoms. The number of carbonyl (C=O) groups is 2. The lowest BCUT2D eigenvalue weighted by atomic mass is 10.1. The zero-order valence-electron chi connectivity index (χ0n) is 12.2. The number of nitrogens with one attached hydrogen (secondary N) is 1. The molecule has 1 aliphatic rings. The van der Waals surface area contributed by atoms with E-state index < -0.39 is 5.97 Å². The highest BCUT2D eigenvalue weighted by atomic mass is 32.2. The number of rotatable bonds is 6. The Bertz CT molecular complexity index is 518. The second-order valence-electron chi connectivity index (χ2n) is 5.28. The molecule has 1 amide bonds. The Hall–Kier alpha value is -1.49. The smallest absolute Gasteiger partial charge is 0.335 e. The number of hydrogen-bond donors (Lipinski definition) is 2. The summed E-state index contributed by atoms with van der Waals surface area (Å²) in [5.74, 6) is 0.0798. The van der Waals surface area contributed by atoms with E-state index in [1.807, 2.05) is 11.8 Å². The fourth-order valence-electron chi connectivity index (χ4n) is 2.76. The summed E-state index contributed by atoms with van der Waals surface area (Å²) >= 11 is 1.91. The number of carboxylic acids is 1. The summed E-state index contributed by atoms with van der Waals surface area (Å²) < 4.78 is 0. The average Bonchev–Trinajstić information content (AvgIpc) is 2.86. The molecule has 0 radical (unpaired) electrons. The van der Waals surface area contributed by atoms with Crippen molar-refractivity contribution in [2.45, 2.75) is 43.9 Å². The average molecular weight is 307 g/mol. The molecule has 0 heterocycles. The predicted octanol–water partition coefficient (Wildman–Crippen LogP) is 2.72. The van der Waals surface area contributed by atoms with Gasteiger partial charge in [-0.1, -0.05) is 25.5 Å². The molecule has 5 heteroatoms. The van der Waals surface area contributed by atoms with Gasteiger partial charge in [-0.05, 0) is 36.3 Å². The summed E-state index contributed by atoms with van der Waals surface area (Å²) in [6, 6.07) is 6.82. The quantitative estimate of drug-likeness (QED) is 0.848. The molecule has 4 nitrogen and oxygen atoms in total. The number of amides is 1. The third-order valence-corrected chi connectivity index (χ3v) is 5.04. The molecule has 0 aromatic heterocycles. The Morgan fingerprint density at radius 3 is 2.90 bits per heavy atom. The maximum atomic E-state index is 12.1. The fourth-order valence-corrected chi connectivity index (χ4v) is 3.96. The zero-order valence-corrected chi connectivity index (χ0v) is 13.0. The largest absolute Gasteiger partial charge is 0.478 e. The maximum absolute atomic E-state index is 12.1. The Balaban J connectivity index is 1.92. The number of carboxylic acid groups (broad SMARTS) is 1. The molecule has 0 saturated heterocycles. The number of carbonyl (C=O) groups excluding carboxylic acids is 1. The molecule has 1 saturated carbocycles. The molecule has 2 atom stereocenters. The van der Waals surface area contributed by atoms with Gasteiger partial charge < -0.3 is 10.4 Å². The van der Waals surface area contributed by atoms with E-state index in [2.05, 4.69) is 12.2 Å². The van der Waals surface area contributed by atoms with Gasteiger partial charge >= 0.3 is 5.97 Å². The summed E-state index contributed by atoms with van der Waals surface area (Å²) in [5, 5.41) is 12.6. The number of benzene rings is 1. The number of hydrogen-bond acceptors (Lipinski definition) is 3. The van der Waals surface area contributed by atoms with Gasteiger partial charge in [-0.2, -0.15) is 11.8 Å². The van der Waals surface area contributed by atoms with Crippen LogP contribution in [-0.2, 0) is 11.2 Å². The van der Waals surface area contributed by atoms with Gasteiger partial charge in [-0.25, -0.2) is 4.79 Å². The molecule has 2 N–H and O–H groups in total. The SMILES string of the molecule is CCSC1CCCC1NC(=O)Cc1cccc(C(=O)O)c1. The van der Waals surface area contributed by atoms with Crippen LogP contribution in [0.15, 0.2) is 24.3 Å². The molecule has 1 fully saturated rings. The highest BCUT2D eigenvalue weighted by molar-refractivity contribution is 7.99. The molecule has 21 heavy (non-hydrogen) atoms. The number of thioether (sulfide) groups is 1. The topological polar surface area (TPSA) is 66.4 Å². The molecular weight excluding hydrogens is 286 g/mol. The minimum absolute atomic E-state index is 0.0221. The van der Waals surface area contributed by atoms with Gasteiger partial charge in [0.05, 0.1) is 12.0 Å². The predicted molar refractivity (Wildman–Crippen MR) is 84.8 cm³/mol. The molecule has 0 spiro atoms. The van der Waals surface area contributed by atoms with Crippen LogP contribution in [0.3, 0.4) is 0 Å². The van der Waals surface area contributed by atoms with Crippen LogP contribution in [0.2, 0.25) is 0 Å². The zero-order chi connectivity index (χ0) is 15.2. The molecule has 2 rings (SSSR count). The second kappa shape index (κ2) is 7.50. The van der Waals surface area contributed by atoms with E-state index in [1.54, 1.807) is 18.2 Å². The fraction of sp³-hybridized carbons (Fsp3) is 0.500. The highest BCUT2D eigenvalue weighted by Gasteiger charge is 2.28. The second-order valence-corrected chi connectivity index (χ2v) is 6.80. The first-order chi connectivity index (χ1) is 10.1. The summed E-state index contributed by atoms with van der Waals surface area (Å²) in [4.78, 5) is 23.1. The van der Waals surface area contributed by atoms with Crippen molar-refractivity contribution in [1.82, 2.24) is 5.32 Å². The van der Waals surface area contributed by atoms with Crippen LogP contribution in [0, 0.1) is 0 Å². The molecule has 2 unspecified atom stereocenters. The molecule has 1 aromatic rings. The van der Waals surface area contributed by atoms with E-state index in [0.717, 1.165) is 30.6 Å². The normalized spacial score (nSPS) is 21.2. The van der Waals surface area contributed by atoms with Crippen LogP contribution in [0.5, 0.6) is 0 Å². The van der Waals surface area contributed by atoms with Crippen LogP contribution >= 0.6 is 11.8 Å². The van der Waals surface area contributed by atoms with Gasteiger partial charge in [0.25, 0.3) is 0 Å². The van der Waals surface area contributed by atoms with E-state index >= 15 is 0 Å². The van der Waals surface area contributed by atoms with Gasteiger partial charge in [0.2, 0.25) is 5.91 Å². The van der Waals surface area contributed by atoms with Crippen molar-refractivity contribution < 1.29 is 14.7 Å². The van der Waals surface area contributed by atoms with Crippen LogP contribution in [0.25, 0.3) is 0 Å². The lowest BCUT2D eigenvalue weighted by molar-refractivity contribution is -0.121. The van der Waals surface area contributed by atoms with Crippen molar-refractivity contribution in [3.8, 4) is 0 Å². The third kappa shape index (κ3) is 4.49. The maximum Gasteiger partial charge on any atom is 0.335 e. The molecule has 0 aliphatic heterocycles. The minimum Gasteiger partial charge on any atom is -0.478 e. The van der Waals surface area contributed by atoms with E-state index in [1.165, 1.54) is 6.07 Å². The lowest BCUT2D eigenvalue weighted by Crippen LogP contribution is -2.39. The van der Waals surface area contributed by atoms with Crippen molar-refractivity contribution in [1.29, 1.82) is 0 Å². The van der Waals surface area contributed by atoms with Crippen LogP contribution in [-0.4, -0.2) is 34.0 Å². The Kier molecular flexibility index (Phi) is 5.67. The summed E-state index contributed by atoms with van der Waals surface area (Å²) in [6.45, 7) is 2.14. The lowest BCUT2D eigenvalue weighted by Gasteiger charge is -2.20. The molecular formula is C16H21NO3S. The van der Waals surface area contributed by atoms with Crippen molar-refractivity contribution >= 4 is 23.6 Å². The van der Waals surface area contributed by atoms with Gasteiger partial charge in [0.1, 0.15) is 0 Å².